The summed E-state index contributed by atoms with van der Waals surface area (Å²) in [5, 5.41) is 0. The molecule has 1 rings (SSSR count). The Balaban J connectivity index is 1.92. The quantitative estimate of drug-likeness (QED) is 0.269. The fraction of sp³-hybridized carbons (Fsp3) is 0.727. The average molecular weight is 365 g/mol. The highest BCUT2D eigenvalue weighted by Gasteiger charge is 2.06. The molecule has 0 spiro atoms. The molecule has 1 heterocycles. The van der Waals surface area contributed by atoms with E-state index in [1.807, 2.05) is 0 Å². The van der Waals surface area contributed by atoms with Crippen LogP contribution in [0.4, 0.5) is 0 Å². The van der Waals surface area contributed by atoms with Gasteiger partial charge < -0.3 is 9.15 Å². The molecule has 0 saturated carbocycles. The van der Waals surface area contributed by atoms with Crippen molar-refractivity contribution < 1.29 is 13.9 Å². The van der Waals surface area contributed by atoms with E-state index in [4.69, 9.17) is 9.15 Å². The van der Waals surface area contributed by atoms with Crippen molar-refractivity contribution in [2.45, 2.75) is 104 Å². The number of carbonyl (C=O) groups excluding carboxylic acids is 1. The number of hydrogen-bond donors (Lipinski definition) is 0. The number of carbonyl (C=O) groups is 1. The molecule has 4 nitrogen and oxygen atoms in total. The van der Waals surface area contributed by atoms with Crippen LogP contribution in [0.25, 0.3) is 0 Å². The van der Waals surface area contributed by atoms with E-state index in [0.717, 1.165) is 12.8 Å². The Labute approximate surface area is 158 Å². The van der Waals surface area contributed by atoms with Gasteiger partial charge in [-0.15, -0.1) is 0 Å². The van der Waals surface area contributed by atoms with Gasteiger partial charge in [-0.05, 0) is 13.3 Å². The Morgan fingerprint density at radius 2 is 1.35 bits per heavy atom. The molecule has 0 aromatic carbocycles. The van der Waals surface area contributed by atoms with Gasteiger partial charge in [0.15, 0.2) is 0 Å². The summed E-state index contributed by atoms with van der Waals surface area (Å²) in [4.78, 5) is 23.0. The van der Waals surface area contributed by atoms with Crippen molar-refractivity contribution >= 4 is 5.97 Å². The molecular formula is C22H36O4. The lowest BCUT2D eigenvalue weighted by molar-refractivity contribution is -0.134. The molecule has 0 aliphatic carbocycles. The summed E-state index contributed by atoms with van der Waals surface area (Å²) in [6.07, 6.45) is 17.0. The summed E-state index contributed by atoms with van der Waals surface area (Å²) in [5.41, 5.74) is -0.492. The van der Waals surface area contributed by atoms with Crippen molar-refractivity contribution in [2.75, 3.05) is 0 Å². The molecule has 0 fully saturated rings. The van der Waals surface area contributed by atoms with Gasteiger partial charge in [0.2, 0.25) is 0 Å². The van der Waals surface area contributed by atoms with E-state index in [1.54, 1.807) is 13.0 Å². The summed E-state index contributed by atoms with van der Waals surface area (Å²) < 4.78 is 10.0. The number of unbranched alkanes of at least 4 members (excludes halogenated alkanes) is 12. The number of esters is 1. The van der Waals surface area contributed by atoms with Gasteiger partial charge in [-0.3, -0.25) is 4.79 Å². The Kier molecular flexibility index (Phi) is 12.6. The van der Waals surface area contributed by atoms with Crippen molar-refractivity contribution in [3.8, 4) is 5.75 Å². The average Bonchev–Trinajstić information content (AvgIpc) is 2.58. The Morgan fingerprint density at radius 1 is 0.846 bits per heavy atom. The van der Waals surface area contributed by atoms with Gasteiger partial charge in [0.05, 0.1) is 6.07 Å². The first-order valence-electron chi connectivity index (χ1n) is 10.4. The van der Waals surface area contributed by atoms with E-state index in [-0.39, 0.29) is 11.7 Å². The second-order valence-electron chi connectivity index (χ2n) is 7.19. The molecule has 0 N–H and O–H groups in total. The van der Waals surface area contributed by atoms with Crippen LogP contribution < -0.4 is 10.4 Å². The van der Waals surface area contributed by atoms with Gasteiger partial charge in [0, 0.05) is 12.5 Å². The van der Waals surface area contributed by atoms with E-state index in [1.165, 1.54) is 76.7 Å². The number of ether oxygens (including phenoxy) is 1. The lowest BCUT2D eigenvalue weighted by Gasteiger charge is -2.05. The molecule has 26 heavy (non-hydrogen) atoms. The van der Waals surface area contributed by atoms with Crippen molar-refractivity contribution in [3.05, 3.63) is 28.3 Å². The maximum atomic E-state index is 11.8. The minimum Gasteiger partial charge on any atom is -0.428 e. The summed E-state index contributed by atoms with van der Waals surface area (Å²) in [7, 11) is 0. The van der Waals surface area contributed by atoms with Gasteiger partial charge in [-0.25, -0.2) is 4.79 Å². The number of hydrogen-bond acceptors (Lipinski definition) is 4. The predicted octanol–water partition coefficient (Wildman–Crippen LogP) is 6.33. The molecular weight excluding hydrogens is 328 g/mol. The molecule has 148 valence electrons. The molecule has 0 bridgehead atoms. The van der Waals surface area contributed by atoms with Crippen LogP contribution in [0.2, 0.25) is 0 Å². The van der Waals surface area contributed by atoms with Crippen LogP contribution in [0.3, 0.4) is 0 Å². The highest BCUT2D eigenvalue weighted by Crippen LogP contribution is 2.14. The van der Waals surface area contributed by atoms with Crippen molar-refractivity contribution in [1.29, 1.82) is 0 Å². The summed E-state index contributed by atoms with van der Waals surface area (Å²) >= 11 is 0. The SMILES string of the molecule is CCCCCCCCCCCCCCCC(=O)Oc1cc(C)oc(=O)c1. The van der Waals surface area contributed by atoms with E-state index < -0.39 is 5.63 Å². The highest BCUT2D eigenvalue weighted by molar-refractivity contribution is 5.72. The van der Waals surface area contributed by atoms with Crippen LogP contribution in [0.15, 0.2) is 21.3 Å². The zero-order valence-corrected chi connectivity index (χ0v) is 16.7. The standard InChI is InChI=1S/C22H36O4/c1-3-4-5-6-7-8-9-10-11-12-13-14-15-16-21(23)26-20-17-19(2)25-22(24)18-20/h17-18H,3-16H2,1-2H3. The fourth-order valence-corrected chi connectivity index (χ4v) is 3.10. The Hall–Kier alpha value is -1.58. The first kappa shape index (κ1) is 22.5. The molecule has 1 aromatic rings. The second kappa shape index (κ2) is 14.6. The summed E-state index contributed by atoms with van der Waals surface area (Å²) in [6, 6.07) is 2.76. The van der Waals surface area contributed by atoms with Gasteiger partial charge in [-0.1, -0.05) is 84.0 Å². The maximum Gasteiger partial charge on any atom is 0.339 e. The van der Waals surface area contributed by atoms with E-state index in [9.17, 15) is 9.59 Å². The largest absolute Gasteiger partial charge is 0.428 e. The summed E-state index contributed by atoms with van der Waals surface area (Å²) in [6.45, 7) is 3.91. The van der Waals surface area contributed by atoms with Crippen LogP contribution >= 0.6 is 0 Å². The second-order valence-corrected chi connectivity index (χ2v) is 7.19. The van der Waals surface area contributed by atoms with Crippen LogP contribution in [0.5, 0.6) is 5.75 Å². The van der Waals surface area contributed by atoms with Gasteiger partial charge in [0.25, 0.3) is 0 Å². The maximum absolute atomic E-state index is 11.8. The van der Waals surface area contributed by atoms with Crippen LogP contribution in [-0.4, -0.2) is 5.97 Å². The lowest BCUT2D eigenvalue weighted by Crippen LogP contribution is -2.09. The number of rotatable bonds is 15. The van der Waals surface area contributed by atoms with Crippen LogP contribution in [-0.2, 0) is 4.79 Å². The fourth-order valence-electron chi connectivity index (χ4n) is 3.10. The molecule has 0 atom stereocenters. The van der Waals surface area contributed by atoms with Gasteiger partial charge >= 0.3 is 11.6 Å². The minimum absolute atomic E-state index is 0.276. The van der Waals surface area contributed by atoms with E-state index in [2.05, 4.69) is 6.92 Å². The molecule has 1 aromatic heterocycles. The normalized spacial score (nSPS) is 10.8. The van der Waals surface area contributed by atoms with Crippen molar-refractivity contribution in [2.24, 2.45) is 0 Å². The highest BCUT2D eigenvalue weighted by atomic mass is 16.5. The Bertz CT molecular complexity index is 547. The third-order valence-electron chi connectivity index (χ3n) is 4.58. The van der Waals surface area contributed by atoms with Crippen LogP contribution in [0.1, 0.15) is 103 Å². The topological polar surface area (TPSA) is 56.5 Å². The summed E-state index contributed by atoms with van der Waals surface area (Å²) in [5.74, 6) is 0.442. The molecule has 0 radical (unpaired) electrons. The first-order chi connectivity index (χ1) is 12.6. The molecule has 0 saturated heterocycles. The zero-order valence-electron chi connectivity index (χ0n) is 16.7. The molecule has 0 amide bonds. The van der Waals surface area contributed by atoms with Gasteiger partial charge in [0.1, 0.15) is 11.5 Å². The predicted molar refractivity (Wildman–Crippen MR) is 106 cm³/mol. The minimum atomic E-state index is -0.492. The molecule has 0 aliphatic heterocycles. The third kappa shape index (κ3) is 11.9. The number of aryl methyl sites for hydroxylation is 1. The Morgan fingerprint density at radius 3 is 1.85 bits per heavy atom. The molecule has 0 aliphatic rings. The first-order valence-corrected chi connectivity index (χ1v) is 10.4. The monoisotopic (exact) mass is 364 g/mol. The molecule has 4 heteroatoms. The van der Waals surface area contributed by atoms with Crippen LogP contribution in [0, 0.1) is 6.92 Å². The molecule has 0 unspecified atom stereocenters. The van der Waals surface area contributed by atoms with E-state index in [0.29, 0.717) is 12.2 Å². The van der Waals surface area contributed by atoms with Crippen molar-refractivity contribution in [1.82, 2.24) is 0 Å². The lowest BCUT2D eigenvalue weighted by atomic mass is 10.0. The smallest absolute Gasteiger partial charge is 0.339 e. The zero-order chi connectivity index (χ0) is 19.0. The van der Waals surface area contributed by atoms with Crippen molar-refractivity contribution in [3.63, 3.8) is 0 Å². The van der Waals surface area contributed by atoms with Gasteiger partial charge in [-0.2, -0.15) is 0 Å². The van der Waals surface area contributed by atoms with E-state index >= 15 is 0 Å². The third-order valence-corrected chi connectivity index (χ3v) is 4.58.